The van der Waals surface area contributed by atoms with Gasteiger partial charge < -0.3 is 9.84 Å². The van der Waals surface area contributed by atoms with Crippen molar-refractivity contribution in [2.75, 3.05) is 7.11 Å². The predicted octanol–water partition coefficient (Wildman–Crippen LogP) is 2.74. The summed E-state index contributed by atoms with van der Waals surface area (Å²) >= 11 is 1.50. The zero-order valence-electron chi connectivity index (χ0n) is 9.88. The molecule has 1 N–H and O–H groups in total. The lowest BCUT2D eigenvalue weighted by atomic mass is 10.1. The van der Waals surface area contributed by atoms with E-state index >= 15 is 0 Å². The molecule has 17 heavy (non-hydrogen) atoms. The Morgan fingerprint density at radius 2 is 2.24 bits per heavy atom. The third kappa shape index (κ3) is 2.84. The molecule has 2 aromatic rings. The van der Waals surface area contributed by atoms with E-state index in [1.54, 1.807) is 7.11 Å². The number of nitrogens with zero attached hydrogens (tertiary/aromatic N) is 1. The van der Waals surface area contributed by atoms with Crippen LogP contribution in [-0.2, 0) is 6.42 Å². The molecule has 0 bridgehead atoms. The topological polar surface area (TPSA) is 42.4 Å². The van der Waals surface area contributed by atoms with E-state index in [-0.39, 0.29) is 0 Å². The first-order valence-electron chi connectivity index (χ1n) is 5.41. The number of aliphatic hydroxyl groups excluding tert-OH is 1. The fourth-order valence-electron chi connectivity index (χ4n) is 1.63. The summed E-state index contributed by atoms with van der Waals surface area (Å²) in [5.41, 5.74) is 2.01. The van der Waals surface area contributed by atoms with Gasteiger partial charge in [0, 0.05) is 18.3 Å². The van der Waals surface area contributed by atoms with Crippen LogP contribution in [0.25, 0.3) is 0 Å². The molecule has 0 saturated carbocycles. The number of thiophene rings is 1. The van der Waals surface area contributed by atoms with E-state index in [4.69, 9.17) is 4.74 Å². The Kier molecular flexibility index (Phi) is 3.76. The molecule has 0 amide bonds. The summed E-state index contributed by atoms with van der Waals surface area (Å²) in [5.74, 6) is 0.745. The van der Waals surface area contributed by atoms with Crippen molar-refractivity contribution >= 4 is 11.3 Å². The molecule has 0 aliphatic carbocycles. The highest BCUT2D eigenvalue weighted by Gasteiger charge is 2.15. The van der Waals surface area contributed by atoms with E-state index in [1.165, 1.54) is 11.3 Å². The molecule has 0 aliphatic rings. The van der Waals surface area contributed by atoms with Crippen molar-refractivity contribution in [3.63, 3.8) is 0 Å². The van der Waals surface area contributed by atoms with Gasteiger partial charge in [0.15, 0.2) is 0 Å². The van der Waals surface area contributed by atoms with Crippen molar-refractivity contribution in [2.45, 2.75) is 19.4 Å². The van der Waals surface area contributed by atoms with Gasteiger partial charge in [0.1, 0.15) is 5.75 Å². The van der Waals surface area contributed by atoms with Gasteiger partial charge in [-0.05, 0) is 30.0 Å². The Labute approximate surface area is 105 Å². The maximum Gasteiger partial charge on any atom is 0.135 e. The average molecular weight is 249 g/mol. The predicted molar refractivity (Wildman–Crippen MR) is 68.5 cm³/mol. The smallest absolute Gasteiger partial charge is 0.135 e. The molecule has 2 heterocycles. The number of hydrogen-bond donors (Lipinski definition) is 1. The minimum absolute atomic E-state index is 0.511. The largest absolute Gasteiger partial charge is 0.495 e. The molecule has 2 aromatic heterocycles. The molecule has 1 atom stereocenters. The summed E-state index contributed by atoms with van der Waals surface area (Å²) in [6, 6.07) is 5.81. The molecule has 0 spiro atoms. The fourth-order valence-corrected chi connectivity index (χ4v) is 2.48. The van der Waals surface area contributed by atoms with Gasteiger partial charge in [0.2, 0.25) is 0 Å². The SMILES string of the molecule is COc1ccsc1C(O)Cc1ccc(C)cn1. The van der Waals surface area contributed by atoms with Gasteiger partial charge in [-0.2, -0.15) is 0 Å². The molecule has 0 fully saturated rings. The Hall–Kier alpha value is -1.39. The van der Waals surface area contributed by atoms with Crippen LogP contribution in [0.2, 0.25) is 0 Å². The molecular weight excluding hydrogens is 234 g/mol. The second-order valence-electron chi connectivity index (χ2n) is 3.90. The van der Waals surface area contributed by atoms with Crippen LogP contribution in [0.15, 0.2) is 29.8 Å². The Balaban J connectivity index is 2.11. The van der Waals surface area contributed by atoms with Crippen LogP contribution >= 0.6 is 11.3 Å². The zero-order valence-corrected chi connectivity index (χ0v) is 10.7. The maximum absolute atomic E-state index is 10.1. The van der Waals surface area contributed by atoms with Gasteiger partial charge in [-0.1, -0.05) is 6.07 Å². The number of rotatable bonds is 4. The molecule has 0 aliphatic heterocycles. The second kappa shape index (κ2) is 5.29. The van der Waals surface area contributed by atoms with Gasteiger partial charge >= 0.3 is 0 Å². The van der Waals surface area contributed by atoms with E-state index in [1.807, 2.05) is 36.7 Å². The maximum atomic E-state index is 10.1. The Morgan fingerprint density at radius 1 is 1.41 bits per heavy atom. The Morgan fingerprint density at radius 3 is 2.88 bits per heavy atom. The number of aliphatic hydroxyl groups is 1. The van der Waals surface area contributed by atoms with Gasteiger partial charge in [0.05, 0.1) is 18.1 Å². The van der Waals surface area contributed by atoms with Crippen molar-refractivity contribution in [3.8, 4) is 5.75 Å². The standard InChI is InChI=1S/C13H15NO2S/c1-9-3-4-10(14-8-9)7-11(15)13-12(16-2)5-6-17-13/h3-6,8,11,15H,7H2,1-2H3. The number of aryl methyl sites for hydroxylation is 1. The quantitative estimate of drug-likeness (QED) is 0.906. The van der Waals surface area contributed by atoms with Gasteiger partial charge in [-0.3, -0.25) is 4.98 Å². The summed E-state index contributed by atoms with van der Waals surface area (Å²) in [6.07, 6.45) is 1.77. The van der Waals surface area contributed by atoms with E-state index < -0.39 is 6.10 Å². The minimum atomic E-state index is -0.555. The molecule has 3 nitrogen and oxygen atoms in total. The van der Waals surface area contributed by atoms with Crippen molar-refractivity contribution in [3.05, 3.63) is 45.9 Å². The van der Waals surface area contributed by atoms with E-state index in [9.17, 15) is 5.11 Å². The lowest BCUT2D eigenvalue weighted by Gasteiger charge is -2.10. The van der Waals surface area contributed by atoms with Crippen molar-refractivity contribution in [2.24, 2.45) is 0 Å². The van der Waals surface area contributed by atoms with Crippen LogP contribution in [-0.4, -0.2) is 17.2 Å². The zero-order chi connectivity index (χ0) is 12.3. The first-order chi connectivity index (χ1) is 8.20. The fraction of sp³-hybridized carbons (Fsp3) is 0.308. The molecular formula is C13H15NO2S. The first kappa shape index (κ1) is 12.1. The van der Waals surface area contributed by atoms with Crippen LogP contribution in [0.1, 0.15) is 22.2 Å². The van der Waals surface area contributed by atoms with Crippen molar-refractivity contribution in [1.29, 1.82) is 0 Å². The summed E-state index contributed by atoms with van der Waals surface area (Å²) in [5, 5.41) is 12.1. The first-order valence-corrected chi connectivity index (χ1v) is 6.29. The van der Waals surface area contributed by atoms with Crippen LogP contribution < -0.4 is 4.74 Å². The number of aromatic nitrogens is 1. The van der Waals surface area contributed by atoms with E-state index in [0.717, 1.165) is 21.9 Å². The summed E-state index contributed by atoms with van der Waals surface area (Å²) in [7, 11) is 1.61. The highest BCUT2D eigenvalue weighted by Crippen LogP contribution is 2.32. The van der Waals surface area contributed by atoms with Crippen LogP contribution in [0, 0.1) is 6.92 Å². The highest BCUT2D eigenvalue weighted by atomic mass is 32.1. The molecule has 4 heteroatoms. The van der Waals surface area contributed by atoms with Crippen LogP contribution in [0.4, 0.5) is 0 Å². The van der Waals surface area contributed by atoms with Crippen LogP contribution in [0.3, 0.4) is 0 Å². The van der Waals surface area contributed by atoms with E-state index in [2.05, 4.69) is 4.98 Å². The molecule has 0 saturated heterocycles. The highest BCUT2D eigenvalue weighted by molar-refractivity contribution is 7.10. The molecule has 0 aromatic carbocycles. The third-order valence-corrected chi connectivity index (χ3v) is 3.55. The summed E-state index contributed by atoms with van der Waals surface area (Å²) < 4.78 is 5.19. The lowest BCUT2D eigenvalue weighted by molar-refractivity contribution is 0.177. The van der Waals surface area contributed by atoms with Gasteiger partial charge in [-0.15, -0.1) is 11.3 Å². The number of methoxy groups -OCH3 is 1. The normalized spacial score (nSPS) is 12.4. The van der Waals surface area contributed by atoms with E-state index in [0.29, 0.717) is 6.42 Å². The molecule has 0 radical (unpaired) electrons. The number of pyridine rings is 1. The van der Waals surface area contributed by atoms with Crippen molar-refractivity contribution in [1.82, 2.24) is 4.98 Å². The second-order valence-corrected chi connectivity index (χ2v) is 4.85. The van der Waals surface area contributed by atoms with Gasteiger partial charge in [-0.25, -0.2) is 0 Å². The van der Waals surface area contributed by atoms with Crippen LogP contribution in [0.5, 0.6) is 5.75 Å². The molecule has 2 rings (SSSR count). The summed E-state index contributed by atoms with van der Waals surface area (Å²) in [4.78, 5) is 5.14. The number of hydrogen-bond acceptors (Lipinski definition) is 4. The summed E-state index contributed by atoms with van der Waals surface area (Å²) in [6.45, 7) is 2.00. The monoisotopic (exact) mass is 249 g/mol. The minimum Gasteiger partial charge on any atom is -0.495 e. The third-order valence-electron chi connectivity index (χ3n) is 2.55. The molecule has 90 valence electrons. The Bertz CT molecular complexity index is 478. The molecule has 1 unspecified atom stereocenters. The van der Waals surface area contributed by atoms with Gasteiger partial charge in [0.25, 0.3) is 0 Å². The average Bonchev–Trinajstić information content (AvgIpc) is 2.80. The lowest BCUT2D eigenvalue weighted by Crippen LogP contribution is -2.03. The van der Waals surface area contributed by atoms with Crippen molar-refractivity contribution < 1.29 is 9.84 Å². The number of ether oxygens (including phenoxy) is 1.